The van der Waals surface area contributed by atoms with E-state index in [0.717, 1.165) is 0 Å². The van der Waals surface area contributed by atoms with Gasteiger partial charge >= 0.3 is 0 Å². The van der Waals surface area contributed by atoms with Crippen LogP contribution in [0.25, 0.3) is 0 Å². The molecule has 0 spiro atoms. The van der Waals surface area contributed by atoms with Gasteiger partial charge < -0.3 is 5.32 Å². The summed E-state index contributed by atoms with van der Waals surface area (Å²) in [7, 11) is -3.51. The molecule has 2 N–H and O–H groups in total. The van der Waals surface area contributed by atoms with Crippen molar-refractivity contribution in [3.05, 3.63) is 30.7 Å². The minimum Gasteiger partial charge on any atom is -0.367 e. The third kappa shape index (κ3) is 3.75. The van der Waals surface area contributed by atoms with E-state index in [1.54, 1.807) is 23.0 Å². The largest absolute Gasteiger partial charge is 0.367 e. The molecule has 0 aliphatic carbocycles. The van der Waals surface area contributed by atoms with Crippen molar-refractivity contribution in [2.45, 2.75) is 18.4 Å². The van der Waals surface area contributed by atoms with Crippen LogP contribution in [0.4, 0.5) is 5.82 Å². The summed E-state index contributed by atoms with van der Waals surface area (Å²) in [6.45, 7) is 3.18. The Morgan fingerprint density at radius 1 is 1.35 bits per heavy atom. The van der Waals surface area contributed by atoms with E-state index in [0.29, 0.717) is 18.9 Å². The van der Waals surface area contributed by atoms with Crippen molar-refractivity contribution in [2.24, 2.45) is 0 Å². The highest BCUT2D eigenvalue weighted by Crippen LogP contribution is 2.06. The molecule has 9 heteroatoms. The Morgan fingerprint density at radius 3 is 2.85 bits per heavy atom. The lowest BCUT2D eigenvalue weighted by molar-refractivity contribution is 0.582. The zero-order valence-electron chi connectivity index (χ0n) is 11.0. The van der Waals surface area contributed by atoms with Gasteiger partial charge in [-0.3, -0.25) is 4.68 Å². The Kier molecular flexibility index (Phi) is 4.64. The molecule has 0 bridgehead atoms. The number of aryl methyl sites for hydroxylation is 1. The molecule has 0 unspecified atom stereocenters. The summed E-state index contributed by atoms with van der Waals surface area (Å²) in [4.78, 5) is 0.166. The Bertz CT molecular complexity index is 640. The summed E-state index contributed by atoms with van der Waals surface area (Å²) in [6.07, 6.45) is 4.40. The molecule has 0 aliphatic rings. The molecule has 8 nitrogen and oxygen atoms in total. The van der Waals surface area contributed by atoms with E-state index in [2.05, 4.69) is 25.3 Å². The fraction of sp³-hybridized carbons (Fsp3) is 0.364. The van der Waals surface area contributed by atoms with Crippen molar-refractivity contribution < 1.29 is 8.42 Å². The highest BCUT2D eigenvalue weighted by atomic mass is 32.2. The first kappa shape index (κ1) is 14.4. The maximum Gasteiger partial charge on any atom is 0.243 e. The lowest BCUT2D eigenvalue weighted by atomic mass is 10.5. The van der Waals surface area contributed by atoms with Crippen LogP contribution in [0.3, 0.4) is 0 Å². The highest BCUT2D eigenvalue weighted by Gasteiger charge is 2.15. The second-order valence-corrected chi connectivity index (χ2v) is 5.73. The number of aromatic nitrogens is 4. The summed E-state index contributed by atoms with van der Waals surface area (Å²) in [5.74, 6) is 0.602. The van der Waals surface area contributed by atoms with Crippen LogP contribution in [0.15, 0.2) is 35.6 Å². The SMILES string of the molecule is CCn1cc(S(=O)(=O)NCCNc2cccnn2)cn1. The van der Waals surface area contributed by atoms with Gasteiger partial charge in [-0.15, -0.1) is 5.10 Å². The van der Waals surface area contributed by atoms with Crippen molar-refractivity contribution in [3.63, 3.8) is 0 Å². The van der Waals surface area contributed by atoms with E-state index in [1.165, 1.54) is 12.4 Å². The van der Waals surface area contributed by atoms with Gasteiger partial charge in [0, 0.05) is 32.0 Å². The second-order valence-electron chi connectivity index (χ2n) is 3.97. The number of hydrogen-bond donors (Lipinski definition) is 2. The van der Waals surface area contributed by atoms with Crippen LogP contribution in [0.1, 0.15) is 6.92 Å². The van der Waals surface area contributed by atoms with E-state index in [-0.39, 0.29) is 11.4 Å². The average Bonchev–Trinajstić information content (AvgIpc) is 2.95. The second kappa shape index (κ2) is 6.44. The fourth-order valence-electron chi connectivity index (χ4n) is 1.51. The molecule has 2 aromatic heterocycles. The van der Waals surface area contributed by atoms with Crippen molar-refractivity contribution >= 4 is 15.8 Å². The quantitative estimate of drug-likeness (QED) is 0.702. The summed E-state index contributed by atoms with van der Waals surface area (Å²) in [5, 5.41) is 14.4. The van der Waals surface area contributed by atoms with Crippen LogP contribution >= 0.6 is 0 Å². The van der Waals surface area contributed by atoms with Gasteiger partial charge in [-0.1, -0.05) is 0 Å². The van der Waals surface area contributed by atoms with E-state index < -0.39 is 10.0 Å². The van der Waals surface area contributed by atoms with Crippen LogP contribution in [0, 0.1) is 0 Å². The summed E-state index contributed by atoms with van der Waals surface area (Å²) >= 11 is 0. The van der Waals surface area contributed by atoms with E-state index in [4.69, 9.17) is 0 Å². The Balaban J connectivity index is 1.84. The lowest BCUT2D eigenvalue weighted by Crippen LogP contribution is -2.28. The van der Waals surface area contributed by atoms with Crippen molar-refractivity contribution in [1.29, 1.82) is 0 Å². The molecule has 0 aromatic carbocycles. The molecule has 2 rings (SSSR count). The van der Waals surface area contributed by atoms with Crippen LogP contribution < -0.4 is 10.0 Å². The third-order valence-electron chi connectivity index (χ3n) is 2.54. The number of anilines is 1. The van der Waals surface area contributed by atoms with Crippen molar-refractivity contribution in [2.75, 3.05) is 18.4 Å². The molecule has 2 heterocycles. The van der Waals surface area contributed by atoms with E-state index in [1.807, 2.05) is 6.92 Å². The predicted molar refractivity (Wildman–Crippen MR) is 73.6 cm³/mol. The Hall–Kier alpha value is -2.00. The molecular formula is C11H16N6O2S. The summed E-state index contributed by atoms with van der Waals surface area (Å²) in [5.41, 5.74) is 0. The van der Waals surface area contributed by atoms with Gasteiger partial charge in [-0.05, 0) is 19.1 Å². The number of rotatable bonds is 7. The average molecular weight is 296 g/mol. The molecule has 2 aromatic rings. The standard InChI is InChI=1S/C11H16N6O2S/c1-2-17-9-10(8-14-17)20(18,19)15-7-6-12-11-4-3-5-13-16-11/h3-5,8-9,15H,2,6-7H2,1H3,(H,12,16). The lowest BCUT2D eigenvalue weighted by Gasteiger charge is -2.06. The predicted octanol–water partition coefficient (Wildman–Crippen LogP) is 0.0834. The maximum atomic E-state index is 12.0. The molecule has 0 fully saturated rings. The first-order chi connectivity index (χ1) is 9.62. The maximum absolute atomic E-state index is 12.0. The first-order valence-corrected chi connectivity index (χ1v) is 7.64. The van der Waals surface area contributed by atoms with Gasteiger partial charge in [-0.25, -0.2) is 13.1 Å². The molecule has 20 heavy (non-hydrogen) atoms. The van der Waals surface area contributed by atoms with Crippen molar-refractivity contribution in [3.8, 4) is 0 Å². The molecule has 0 aliphatic heterocycles. The van der Waals surface area contributed by atoms with Gasteiger partial charge in [0.25, 0.3) is 0 Å². The van der Waals surface area contributed by atoms with Gasteiger partial charge in [0.2, 0.25) is 10.0 Å². The molecule has 0 saturated carbocycles. The molecular weight excluding hydrogens is 280 g/mol. The van der Waals surface area contributed by atoms with E-state index in [9.17, 15) is 8.42 Å². The number of hydrogen-bond acceptors (Lipinski definition) is 6. The molecule has 108 valence electrons. The molecule has 0 radical (unpaired) electrons. The fourth-order valence-corrected chi connectivity index (χ4v) is 2.50. The minimum atomic E-state index is -3.51. The zero-order chi connectivity index (χ0) is 14.4. The topological polar surface area (TPSA) is 102 Å². The van der Waals surface area contributed by atoms with Gasteiger partial charge in [0.05, 0.1) is 6.20 Å². The zero-order valence-corrected chi connectivity index (χ0v) is 11.8. The van der Waals surface area contributed by atoms with Crippen LogP contribution in [-0.4, -0.2) is 41.5 Å². The third-order valence-corrected chi connectivity index (χ3v) is 3.95. The Morgan fingerprint density at radius 2 is 2.20 bits per heavy atom. The minimum absolute atomic E-state index is 0.166. The number of sulfonamides is 1. The van der Waals surface area contributed by atoms with Crippen molar-refractivity contribution in [1.82, 2.24) is 24.7 Å². The molecule has 0 saturated heterocycles. The summed E-state index contributed by atoms with van der Waals surface area (Å²) in [6, 6.07) is 3.51. The van der Waals surface area contributed by atoms with Gasteiger partial charge in [0.1, 0.15) is 10.7 Å². The number of nitrogens with zero attached hydrogens (tertiary/aromatic N) is 4. The summed E-state index contributed by atoms with van der Waals surface area (Å²) < 4.78 is 28.0. The number of nitrogens with one attached hydrogen (secondary N) is 2. The van der Waals surface area contributed by atoms with Crippen LogP contribution in [0.2, 0.25) is 0 Å². The van der Waals surface area contributed by atoms with Gasteiger partial charge in [-0.2, -0.15) is 10.2 Å². The smallest absolute Gasteiger partial charge is 0.243 e. The molecule has 0 amide bonds. The van der Waals surface area contributed by atoms with Crippen LogP contribution in [-0.2, 0) is 16.6 Å². The highest BCUT2D eigenvalue weighted by molar-refractivity contribution is 7.89. The van der Waals surface area contributed by atoms with E-state index >= 15 is 0 Å². The first-order valence-electron chi connectivity index (χ1n) is 6.15. The van der Waals surface area contributed by atoms with Gasteiger partial charge in [0.15, 0.2) is 0 Å². The Labute approximate surface area is 117 Å². The van der Waals surface area contributed by atoms with Crippen LogP contribution in [0.5, 0.6) is 0 Å². The monoisotopic (exact) mass is 296 g/mol. The molecule has 0 atom stereocenters. The normalized spacial score (nSPS) is 11.4.